The number of hydrogen-bond donors (Lipinski definition) is 1. The maximum Gasteiger partial charge on any atom is 0.00682 e. The lowest BCUT2D eigenvalue weighted by Crippen LogP contribution is -2.21. The molecule has 2 aliphatic rings. The van der Waals surface area contributed by atoms with E-state index in [4.69, 9.17) is 0 Å². The first-order valence-electron chi connectivity index (χ1n) is 7.30. The SMILES string of the molecule is CC1CCN(CCCCCCNC2CC2)C1. The van der Waals surface area contributed by atoms with Gasteiger partial charge >= 0.3 is 0 Å². The molecule has 1 saturated heterocycles. The van der Waals surface area contributed by atoms with Crippen LogP contribution in [0.15, 0.2) is 0 Å². The minimum Gasteiger partial charge on any atom is -0.314 e. The van der Waals surface area contributed by atoms with E-state index in [2.05, 4.69) is 17.1 Å². The van der Waals surface area contributed by atoms with Crippen LogP contribution in [-0.4, -0.2) is 37.1 Å². The molecular weight excluding hydrogens is 196 g/mol. The molecule has 0 radical (unpaired) electrons. The second kappa shape index (κ2) is 6.61. The fourth-order valence-corrected chi connectivity index (χ4v) is 2.64. The van der Waals surface area contributed by atoms with Gasteiger partial charge in [-0.3, -0.25) is 0 Å². The Kier molecular flexibility index (Phi) is 5.11. The lowest BCUT2D eigenvalue weighted by molar-refractivity contribution is 0.318. The molecule has 2 nitrogen and oxygen atoms in total. The number of hydrogen-bond acceptors (Lipinski definition) is 2. The van der Waals surface area contributed by atoms with Crippen LogP contribution in [0.1, 0.15) is 51.9 Å². The first kappa shape index (κ1) is 12.4. The largest absolute Gasteiger partial charge is 0.314 e. The first-order valence-corrected chi connectivity index (χ1v) is 7.30. The second-order valence-corrected chi connectivity index (χ2v) is 5.84. The molecule has 0 aromatic heterocycles. The van der Waals surface area contributed by atoms with Crippen molar-refractivity contribution in [2.75, 3.05) is 26.2 Å². The van der Waals surface area contributed by atoms with Crippen LogP contribution in [0.2, 0.25) is 0 Å². The molecule has 0 amide bonds. The summed E-state index contributed by atoms with van der Waals surface area (Å²) in [4.78, 5) is 2.65. The molecule has 1 unspecified atom stereocenters. The van der Waals surface area contributed by atoms with Crippen LogP contribution < -0.4 is 5.32 Å². The van der Waals surface area contributed by atoms with Crippen molar-refractivity contribution in [1.29, 1.82) is 0 Å². The lowest BCUT2D eigenvalue weighted by Gasteiger charge is -2.14. The van der Waals surface area contributed by atoms with Gasteiger partial charge in [-0.15, -0.1) is 0 Å². The van der Waals surface area contributed by atoms with Gasteiger partial charge in [0.05, 0.1) is 0 Å². The summed E-state index contributed by atoms with van der Waals surface area (Å²) in [5, 5.41) is 3.58. The third kappa shape index (κ3) is 4.84. The van der Waals surface area contributed by atoms with Crippen molar-refractivity contribution < 1.29 is 0 Å². The Morgan fingerprint density at radius 2 is 1.88 bits per heavy atom. The van der Waals surface area contributed by atoms with Gasteiger partial charge in [0.25, 0.3) is 0 Å². The van der Waals surface area contributed by atoms with E-state index in [1.807, 2.05) is 0 Å². The van der Waals surface area contributed by atoms with Crippen molar-refractivity contribution in [3.63, 3.8) is 0 Å². The van der Waals surface area contributed by atoms with Gasteiger partial charge < -0.3 is 10.2 Å². The maximum absolute atomic E-state index is 3.58. The lowest BCUT2D eigenvalue weighted by atomic mass is 10.2. The monoisotopic (exact) mass is 224 g/mol. The highest BCUT2D eigenvalue weighted by Gasteiger charge is 2.19. The van der Waals surface area contributed by atoms with Gasteiger partial charge in [0.15, 0.2) is 0 Å². The Hall–Kier alpha value is -0.0800. The summed E-state index contributed by atoms with van der Waals surface area (Å²) >= 11 is 0. The summed E-state index contributed by atoms with van der Waals surface area (Å²) < 4.78 is 0. The number of likely N-dealkylation sites (tertiary alicyclic amines) is 1. The molecule has 1 atom stereocenters. The average molecular weight is 224 g/mol. The standard InChI is InChI=1S/C14H28N2/c1-13-8-11-16(12-13)10-5-3-2-4-9-15-14-6-7-14/h13-15H,2-12H2,1H3. The number of unbranched alkanes of at least 4 members (excludes halogenated alkanes) is 3. The summed E-state index contributed by atoms with van der Waals surface area (Å²) in [6, 6.07) is 0.895. The molecular formula is C14H28N2. The summed E-state index contributed by atoms with van der Waals surface area (Å²) in [5.74, 6) is 0.947. The van der Waals surface area contributed by atoms with E-state index in [1.54, 1.807) is 0 Å². The van der Waals surface area contributed by atoms with Crippen LogP contribution in [0.25, 0.3) is 0 Å². The molecule has 94 valence electrons. The zero-order valence-electron chi connectivity index (χ0n) is 10.9. The summed E-state index contributed by atoms with van der Waals surface area (Å²) in [6.45, 7) is 7.68. The fraction of sp³-hybridized carbons (Fsp3) is 1.00. The zero-order chi connectivity index (χ0) is 11.2. The summed E-state index contributed by atoms with van der Waals surface area (Å²) in [7, 11) is 0. The maximum atomic E-state index is 3.58. The van der Waals surface area contributed by atoms with Gasteiger partial charge in [0, 0.05) is 12.6 Å². The molecule has 16 heavy (non-hydrogen) atoms. The number of nitrogens with one attached hydrogen (secondary N) is 1. The summed E-state index contributed by atoms with van der Waals surface area (Å²) in [6.07, 6.45) is 9.91. The minimum absolute atomic E-state index is 0.895. The predicted molar refractivity (Wildman–Crippen MR) is 69.7 cm³/mol. The molecule has 1 aliphatic heterocycles. The van der Waals surface area contributed by atoms with E-state index in [9.17, 15) is 0 Å². The molecule has 2 heteroatoms. The summed E-state index contributed by atoms with van der Waals surface area (Å²) in [5.41, 5.74) is 0. The van der Waals surface area contributed by atoms with Crippen molar-refractivity contribution in [3.8, 4) is 0 Å². The molecule has 1 aliphatic carbocycles. The van der Waals surface area contributed by atoms with Crippen molar-refractivity contribution in [2.24, 2.45) is 5.92 Å². The van der Waals surface area contributed by atoms with Crippen molar-refractivity contribution in [2.45, 2.75) is 57.9 Å². The average Bonchev–Trinajstić information content (AvgIpc) is 3.00. The van der Waals surface area contributed by atoms with Crippen molar-refractivity contribution in [3.05, 3.63) is 0 Å². The predicted octanol–water partition coefficient (Wildman–Crippen LogP) is 2.64. The van der Waals surface area contributed by atoms with E-state index >= 15 is 0 Å². The van der Waals surface area contributed by atoms with Crippen LogP contribution in [0.3, 0.4) is 0 Å². The van der Waals surface area contributed by atoms with Crippen LogP contribution in [0, 0.1) is 5.92 Å². The van der Waals surface area contributed by atoms with E-state index in [1.165, 1.54) is 71.1 Å². The molecule has 0 bridgehead atoms. The molecule has 2 rings (SSSR count). The van der Waals surface area contributed by atoms with Crippen LogP contribution >= 0.6 is 0 Å². The van der Waals surface area contributed by atoms with Gasteiger partial charge in [0.2, 0.25) is 0 Å². The normalized spacial score (nSPS) is 26.4. The number of nitrogens with zero attached hydrogens (tertiary/aromatic N) is 1. The van der Waals surface area contributed by atoms with Crippen molar-refractivity contribution in [1.82, 2.24) is 10.2 Å². The van der Waals surface area contributed by atoms with Crippen molar-refractivity contribution >= 4 is 0 Å². The Labute approximate surface area is 101 Å². The third-order valence-electron chi connectivity index (χ3n) is 3.92. The Morgan fingerprint density at radius 3 is 2.56 bits per heavy atom. The Bertz CT molecular complexity index is 189. The number of rotatable bonds is 8. The molecule has 1 heterocycles. The van der Waals surface area contributed by atoms with Crippen LogP contribution in [0.4, 0.5) is 0 Å². The highest BCUT2D eigenvalue weighted by Crippen LogP contribution is 2.18. The molecule has 2 fully saturated rings. The highest BCUT2D eigenvalue weighted by molar-refractivity contribution is 4.80. The Morgan fingerprint density at radius 1 is 1.06 bits per heavy atom. The van der Waals surface area contributed by atoms with Crippen LogP contribution in [-0.2, 0) is 0 Å². The molecule has 0 aromatic carbocycles. The van der Waals surface area contributed by atoms with Gasteiger partial charge in [0.1, 0.15) is 0 Å². The van der Waals surface area contributed by atoms with Gasteiger partial charge in [-0.2, -0.15) is 0 Å². The van der Waals surface area contributed by atoms with E-state index in [-0.39, 0.29) is 0 Å². The second-order valence-electron chi connectivity index (χ2n) is 5.84. The van der Waals surface area contributed by atoms with E-state index in [0.29, 0.717) is 0 Å². The minimum atomic E-state index is 0.895. The quantitative estimate of drug-likeness (QED) is 0.638. The first-order chi connectivity index (χ1) is 7.84. The molecule has 1 N–H and O–H groups in total. The molecule has 0 aromatic rings. The van der Waals surface area contributed by atoms with E-state index in [0.717, 1.165) is 12.0 Å². The van der Waals surface area contributed by atoms with Gasteiger partial charge in [-0.25, -0.2) is 0 Å². The van der Waals surface area contributed by atoms with E-state index < -0.39 is 0 Å². The Balaban J connectivity index is 1.34. The zero-order valence-corrected chi connectivity index (χ0v) is 10.9. The highest BCUT2D eigenvalue weighted by atomic mass is 15.1. The smallest absolute Gasteiger partial charge is 0.00682 e. The van der Waals surface area contributed by atoms with Crippen LogP contribution in [0.5, 0.6) is 0 Å². The van der Waals surface area contributed by atoms with Gasteiger partial charge in [-0.05, 0) is 57.7 Å². The topological polar surface area (TPSA) is 15.3 Å². The van der Waals surface area contributed by atoms with Gasteiger partial charge in [-0.1, -0.05) is 19.8 Å². The fourth-order valence-electron chi connectivity index (χ4n) is 2.64. The third-order valence-corrected chi connectivity index (χ3v) is 3.92. The molecule has 0 spiro atoms. The molecule has 1 saturated carbocycles.